The molecule has 1 saturated carbocycles. The monoisotopic (exact) mass is 314 g/mol. The normalized spacial score (nSPS) is 27.0. The molecule has 0 saturated heterocycles. The van der Waals surface area contributed by atoms with Gasteiger partial charge in [-0.15, -0.1) is 5.10 Å². The van der Waals surface area contributed by atoms with Gasteiger partial charge in [0.15, 0.2) is 0 Å². The SMILES string of the molecule is CC1(C)C2CC[C@]1(C=O)c1nnc(-c3c(F)cccc3F)cc12. The average molecular weight is 314 g/mol. The predicted octanol–water partition coefficient (Wildman–Crippen LogP) is 3.78. The highest BCUT2D eigenvalue weighted by molar-refractivity contribution is 5.76. The summed E-state index contributed by atoms with van der Waals surface area (Å²) in [5.74, 6) is -1.16. The number of hydrogen-bond acceptors (Lipinski definition) is 3. The van der Waals surface area contributed by atoms with Crippen molar-refractivity contribution in [3.63, 3.8) is 0 Å². The highest BCUT2D eigenvalue weighted by Gasteiger charge is 2.63. The number of carbonyl (C=O) groups excluding carboxylic acids is 1. The molecule has 3 nitrogen and oxygen atoms in total. The summed E-state index contributed by atoms with van der Waals surface area (Å²) in [6.07, 6.45) is 2.61. The highest BCUT2D eigenvalue weighted by atomic mass is 19.1. The summed E-state index contributed by atoms with van der Waals surface area (Å²) in [5, 5.41) is 8.26. The van der Waals surface area contributed by atoms with Crippen molar-refractivity contribution in [1.82, 2.24) is 10.2 Å². The van der Waals surface area contributed by atoms with Gasteiger partial charge in [0.05, 0.1) is 22.4 Å². The molecule has 2 aromatic rings. The zero-order valence-corrected chi connectivity index (χ0v) is 12.9. The number of aldehydes is 1. The van der Waals surface area contributed by atoms with Gasteiger partial charge < -0.3 is 4.79 Å². The van der Waals surface area contributed by atoms with Crippen LogP contribution in [0.5, 0.6) is 0 Å². The van der Waals surface area contributed by atoms with E-state index in [9.17, 15) is 13.6 Å². The van der Waals surface area contributed by atoms with Crippen molar-refractivity contribution in [2.24, 2.45) is 5.41 Å². The summed E-state index contributed by atoms with van der Waals surface area (Å²) >= 11 is 0. The van der Waals surface area contributed by atoms with E-state index in [4.69, 9.17) is 0 Å². The van der Waals surface area contributed by atoms with Crippen LogP contribution in [0.25, 0.3) is 11.3 Å². The molecule has 0 amide bonds. The van der Waals surface area contributed by atoms with Crippen LogP contribution in [0.2, 0.25) is 0 Å². The maximum atomic E-state index is 14.0. The topological polar surface area (TPSA) is 42.9 Å². The van der Waals surface area contributed by atoms with Crippen molar-refractivity contribution in [3.05, 3.63) is 47.2 Å². The van der Waals surface area contributed by atoms with E-state index in [2.05, 4.69) is 24.0 Å². The second-order valence-electron chi connectivity index (χ2n) is 7.03. The van der Waals surface area contributed by atoms with Crippen molar-refractivity contribution < 1.29 is 13.6 Å². The van der Waals surface area contributed by atoms with Crippen molar-refractivity contribution >= 4 is 6.29 Å². The van der Waals surface area contributed by atoms with Crippen molar-refractivity contribution in [1.29, 1.82) is 0 Å². The summed E-state index contributed by atoms with van der Waals surface area (Å²) in [4.78, 5) is 11.8. The molecule has 1 fully saturated rings. The minimum Gasteiger partial charge on any atom is -0.302 e. The molecule has 2 aliphatic carbocycles. The Morgan fingerprint density at radius 3 is 2.57 bits per heavy atom. The summed E-state index contributed by atoms with van der Waals surface area (Å²) < 4.78 is 28.0. The maximum absolute atomic E-state index is 14.0. The minimum atomic E-state index is -0.660. The van der Waals surface area contributed by atoms with Gasteiger partial charge in [-0.2, -0.15) is 5.10 Å². The third-order valence-electron chi connectivity index (χ3n) is 5.89. The third-order valence-corrected chi connectivity index (χ3v) is 5.89. The average Bonchev–Trinajstić information content (AvgIpc) is 2.88. The molecule has 2 atom stereocenters. The maximum Gasteiger partial charge on any atom is 0.135 e. The molecule has 5 heteroatoms. The zero-order chi connectivity index (χ0) is 16.4. The highest BCUT2D eigenvalue weighted by Crippen LogP contribution is 2.66. The molecule has 1 unspecified atom stereocenters. The molecule has 4 rings (SSSR count). The number of halogens is 2. The smallest absolute Gasteiger partial charge is 0.135 e. The minimum absolute atomic E-state index is 0.159. The van der Waals surface area contributed by atoms with E-state index in [-0.39, 0.29) is 22.6 Å². The van der Waals surface area contributed by atoms with Gasteiger partial charge in [-0.25, -0.2) is 8.78 Å². The fourth-order valence-corrected chi connectivity index (χ4v) is 4.48. The van der Waals surface area contributed by atoms with Crippen molar-refractivity contribution in [2.75, 3.05) is 0 Å². The first kappa shape index (κ1) is 14.4. The molecule has 0 spiro atoms. The van der Waals surface area contributed by atoms with E-state index in [0.717, 1.165) is 24.7 Å². The second kappa shape index (κ2) is 4.43. The molecule has 23 heavy (non-hydrogen) atoms. The number of nitrogens with zero attached hydrogens (tertiary/aromatic N) is 2. The van der Waals surface area contributed by atoms with Crippen LogP contribution in [0, 0.1) is 17.0 Å². The quantitative estimate of drug-likeness (QED) is 0.792. The molecule has 2 bridgehead atoms. The van der Waals surface area contributed by atoms with E-state index in [0.29, 0.717) is 5.69 Å². The lowest BCUT2D eigenvalue weighted by Gasteiger charge is -2.32. The van der Waals surface area contributed by atoms with Crippen LogP contribution in [0.4, 0.5) is 8.78 Å². The Labute approximate surface area is 132 Å². The van der Waals surface area contributed by atoms with Crippen molar-refractivity contribution in [2.45, 2.75) is 38.0 Å². The van der Waals surface area contributed by atoms with Crippen molar-refractivity contribution in [3.8, 4) is 11.3 Å². The van der Waals surface area contributed by atoms with Crippen LogP contribution < -0.4 is 0 Å². The van der Waals surface area contributed by atoms with E-state index < -0.39 is 17.0 Å². The molecule has 1 aromatic carbocycles. The molecule has 0 N–H and O–H groups in total. The van der Waals surface area contributed by atoms with Crippen LogP contribution in [0.3, 0.4) is 0 Å². The van der Waals surface area contributed by atoms with Gasteiger partial charge >= 0.3 is 0 Å². The summed E-state index contributed by atoms with van der Waals surface area (Å²) in [5.41, 5.74) is 0.715. The Hall–Kier alpha value is -2.17. The fraction of sp³-hybridized carbons (Fsp3) is 0.389. The lowest BCUT2D eigenvalue weighted by molar-refractivity contribution is -0.115. The Morgan fingerprint density at radius 1 is 1.22 bits per heavy atom. The number of fused-ring (bicyclic) bond motifs is 5. The van der Waals surface area contributed by atoms with Gasteiger partial charge in [-0.3, -0.25) is 0 Å². The number of rotatable bonds is 2. The third kappa shape index (κ3) is 1.60. The van der Waals surface area contributed by atoms with Gasteiger partial charge in [-0.1, -0.05) is 19.9 Å². The first-order valence-electron chi connectivity index (χ1n) is 7.71. The van der Waals surface area contributed by atoms with E-state index in [1.165, 1.54) is 18.2 Å². The van der Waals surface area contributed by atoms with Crippen LogP contribution in [-0.2, 0) is 10.2 Å². The summed E-state index contributed by atoms with van der Waals surface area (Å²) in [6.45, 7) is 4.12. The second-order valence-corrected chi connectivity index (χ2v) is 7.03. The number of benzene rings is 1. The molecular formula is C18H16F2N2O. The first-order chi connectivity index (χ1) is 10.9. The zero-order valence-electron chi connectivity index (χ0n) is 12.9. The van der Waals surface area contributed by atoms with Crippen LogP contribution in [0.1, 0.15) is 43.9 Å². The largest absolute Gasteiger partial charge is 0.302 e. The number of hydrogen-bond donors (Lipinski definition) is 0. The lowest BCUT2D eigenvalue weighted by Crippen LogP contribution is -2.37. The van der Waals surface area contributed by atoms with E-state index >= 15 is 0 Å². The standard InChI is InChI=1S/C18H16F2N2O/c1-17(2)11-6-7-18(17,9-23)16-10(11)8-14(21-22-16)15-12(19)4-3-5-13(15)20/h3-5,8-9,11H,6-7H2,1-2H3/t11?,18-/m0/s1. The number of carbonyl (C=O) groups is 1. The van der Waals surface area contributed by atoms with Crippen LogP contribution in [0.15, 0.2) is 24.3 Å². The number of aromatic nitrogens is 2. The Kier molecular flexibility index (Phi) is 2.78. The van der Waals surface area contributed by atoms with Gasteiger partial charge in [0.1, 0.15) is 17.9 Å². The van der Waals surface area contributed by atoms with Gasteiger partial charge in [0.25, 0.3) is 0 Å². The van der Waals surface area contributed by atoms with Gasteiger partial charge in [0.2, 0.25) is 0 Å². The Balaban J connectivity index is 1.93. The first-order valence-corrected chi connectivity index (χ1v) is 7.71. The van der Waals surface area contributed by atoms with Crippen LogP contribution >= 0.6 is 0 Å². The predicted molar refractivity (Wildman–Crippen MR) is 80.9 cm³/mol. The Morgan fingerprint density at radius 2 is 1.91 bits per heavy atom. The molecule has 1 heterocycles. The van der Waals surface area contributed by atoms with E-state index in [1.54, 1.807) is 6.07 Å². The summed E-state index contributed by atoms with van der Waals surface area (Å²) in [7, 11) is 0. The van der Waals surface area contributed by atoms with E-state index in [1.807, 2.05) is 0 Å². The molecular weight excluding hydrogens is 298 g/mol. The molecule has 2 aliphatic rings. The molecule has 0 aliphatic heterocycles. The molecule has 0 radical (unpaired) electrons. The fourth-order valence-electron chi connectivity index (χ4n) is 4.48. The van der Waals surface area contributed by atoms with Crippen LogP contribution in [-0.4, -0.2) is 16.5 Å². The molecule has 1 aromatic heterocycles. The summed E-state index contributed by atoms with van der Waals surface area (Å²) in [6, 6.07) is 5.44. The Bertz CT molecular complexity index is 814. The van der Waals surface area contributed by atoms with Gasteiger partial charge in [-0.05, 0) is 47.9 Å². The molecule has 118 valence electrons. The lowest BCUT2D eigenvalue weighted by atomic mass is 9.69. The van der Waals surface area contributed by atoms with Gasteiger partial charge in [0, 0.05) is 0 Å².